The molecule has 0 saturated heterocycles. The van der Waals surface area contributed by atoms with Gasteiger partial charge in [0.1, 0.15) is 6.04 Å². The number of hydrogen-bond donors (Lipinski definition) is 1. The van der Waals surface area contributed by atoms with Crippen LogP contribution in [0.1, 0.15) is 19.4 Å². The van der Waals surface area contributed by atoms with Crippen LogP contribution in [0.2, 0.25) is 0 Å². The van der Waals surface area contributed by atoms with Crippen LogP contribution >= 0.6 is 0 Å². The van der Waals surface area contributed by atoms with E-state index < -0.39 is 23.6 Å². The molecule has 0 aromatic heterocycles. The Morgan fingerprint density at radius 1 is 1.47 bits per heavy atom. The van der Waals surface area contributed by atoms with Crippen molar-refractivity contribution in [3.8, 4) is 0 Å². The van der Waals surface area contributed by atoms with E-state index in [4.69, 9.17) is 4.74 Å². The molecule has 17 heavy (non-hydrogen) atoms. The van der Waals surface area contributed by atoms with Crippen LogP contribution in [0.4, 0.5) is 8.78 Å². The Labute approximate surface area is 98.8 Å². The molecule has 5 heteroatoms. The quantitative estimate of drug-likeness (QED) is 0.804. The minimum Gasteiger partial charge on any atom is -0.465 e. The molecule has 0 aliphatic rings. The first-order valence-corrected chi connectivity index (χ1v) is 5.39. The van der Waals surface area contributed by atoms with Gasteiger partial charge < -0.3 is 10.1 Å². The second kappa shape index (κ2) is 6.30. The van der Waals surface area contributed by atoms with E-state index in [0.717, 1.165) is 6.07 Å². The summed E-state index contributed by atoms with van der Waals surface area (Å²) in [7, 11) is 0. The van der Waals surface area contributed by atoms with E-state index in [1.807, 2.05) is 0 Å². The fraction of sp³-hybridized carbons (Fsp3) is 0.417. The van der Waals surface area contributed by atoms with Crippen LogP contribution in [0.15, 0.2) is 18.2 Å². The Morgan fingerprint density at radius 2 is 2.18 bits per heavy atom. The van der Waals surface area contributed by atoms with Gasteiger partial charge in [-0.25, -0.2) is 8.78 Å². The molecule has 0 bridgehead atoms. The van der Waals surface area contributed by atoms with Crippen molar-refractivity contribution in [2.24, 2.45) is 0 Å². The van der Waals surface area contributed by atoms with E-state index >= 15 is 0 Å². The normalized spacial score (nSPS) is 12.2. The number of carbonyl (C=O) groups excluding carboxylic acids is 1. The van der Waals surface area contributed by atoms with Crippen LogP contribution in [0.3, 0.4) is 0 Å². The summed E-state index contributed by atoms with van der Waals surface area (Å²) in [6, 6.07) is 3.37. The van der Waals surface area contributed by atoms with E-state index in [9.17, 15) is 13.6 Å². The Hall–Kier alpha value is -1.49. The van der Waals surface area contributed by atoms with Gasteiger partial charge in [-0.05, 0) is 19.9 Å². The number of halogens is 2. The van der Waals surface area contributed by atoms with Gasteiger partial charge in [0.25, 0.3) is 0 Å². The first kappa shape index (κ1) is 13.6. The standard InChI is InChI=1S/C12H15F2NO2/c1-3-17-12(16)8(2)15-7-9-5-4-6-10(13)11(9)14/h4-6,8,15H,3,7H2,1-2H3. The van der Waals surface area contributed by atoms with E-state index in [1.165, 1.54) is 12.1 Å². The van der Waals surface area contributed by atoms with E-state index in [1.54, 1.807) is 13.8 Å². The van der Waals surface area contributed by atoms with Gasteiger partial charge in [0.05, 0.1) is 6.61 Å². The fourth-order valence-corrected chi connectivity index (χ4v) is 1.30. The molecule has 0 saturated carbocycles. The molecule has 0 spiro atoms. The largest absolute Gasteiger partial charge is 0.465 e. The van der Waals surface area contributed by atoms with E-state index in [-0.39, 0.29) is 12.1 Å². The summed E-state index contributed by atoms with van der Waals surface area (Å²) >= 11 is 0. The third kappa shape index (κ3) is 3.78. The molecular weight excluding hydrogens is 228 g/mol. The van der Waals surface area contributed by atoms with Crippen LogP contribution in [0, 0.1) is 11.6 Å². The molecule has 1 aromatic rings. The summed E-state index contributed by atoms with van der Waals surface area (Å²) in [6.07, 6.45) is 0. The second-order valence-electron chi connectivity index (χ2n) is 3.57. The Bertz CT molecular complexity index is 396. The van der Waals surface area contributed by atoms with Crippen molar-refractivity contribution in [1.29, 1.82) is 0 Å². The van der Waals surface area contributed by atoms with Gasteiger partial charge in [0, 0.05) is 12.1 Å². The number of carbonyl (C=O) groups is 1. The lowest BCUT2D eigenvalue weighted by atomic mass is 10.2. The van der Waals surface area contributed by atoms with Gasteiger partial charge in [0.2, 0.25) is 0 Å². The molecule has 1 rings (SSSR count). The molecule has 0 radical (unpaired) electrons. The van der Waals surface area contributed by atoms with Crippen LogP contribution in [0.25, 0.3) is 0 Å². The summed E-state index contributed by atoms with van der Waals surface area (Å²) in [6.45, 7) is 3.68. The van der Waals surface area contributed by atoms with Gasteiger partial charge in [-0.2, -0.15) is 0 Å². The maximum Gasteiger partial charge on any atom is 0.322 e. The van der Waals surface area contributed by atoms with Gasteiger partial charge in [-0.15, -0.1) is 0 Å². The van der Waals surface area contributed by atoms with Crippen molar-refractivity contribution < 1.29 is 18.3 Å². The first-order valence-electron chi connectivity index (χ1n) is 5.39. The van der Waals surface area contributed by atoms with Crippen molar-refractivity contribution in [2.75, 3.05) is 6.61 Å². The maximum absolute atomic E-state index is 13.3. The molecule has 1 atom stereocenters. The summed E-state index contributed by atoms with van der Waals surface area (Å²) < 4.78 is 30.9. The van der Waals surface area contributed by atoms with Crippen molar-refractivity contribution in [3.05, 3.63) is 35.4 Å². The molecule has 0 amide bonds. The fourth-order valence-electron chi connectivity index (χ4n) is 1.30. The molecule has 1 unspecified atom stereocenters. The molecule has 0 fully saturated rings. The van der Waals surface area contributed by atoms with E-state index in [2.05, 4.69) is 5.32 Å². The molecule has 94 valence electrons. The second-order valence-corrected chi connectivity index (χ2v) is 3.57. The van der Waals surface area contributed by atoms with Gasteiger partial charge in [-0.3, -0.25) is 4.79 Å². The molecular formula is C12H15F2NO2. The van der Waals surface area contributed by atoms with Crippen molar-refractivity contribution in [1.82, 2.24) is 5.32 Å². The number of rotatable bonds is 5. The molecule has 0 heterocycles. The van der Waals surface area contributed by atoms with Crippen molar-refractivity contribution in [3.63, 3.8) is 0 Å². The minimum atomic E-state index is -0.895. The average molecular weight is 243 g/mol. The zero-order valence-corrected chi connectivity index (χ0v) is 9.80. The van der Waals surface area contributed by atoms with E-state index in [0.29, 0.717) is 6.61 Å². The monoisotopic (exact) mass is 243 g/mol. The van der Waals surface area contributed by atoms with Gasteiger partial charge in [-0.1, -0.05) is 12.1 Å². The minimum absolute atomic E-state index is 0.0730. The molecule has 0 aliphatic carbocycles. The third-order valence-electron chi connectivity index (χ3n) is 2.27. The highest BCUT2D eigenvalue weighted by Gasteiger charge is 2.14. The topological polar surface area (TPSA) is 38.3 Å². The highest BCUT2D eigenvalue weighted by atomic mass is 19.2. The van der Waals surface area contributed by atoms with Crippen molar-refractivity contribution in [2.45, 2.75) is 26.4 Å². The highest BCUT2D eigenvalue weighted by Crippen LogP contribution is 2.11. The Kier molecular flexibility index (Phi) is 5.03. The number of hydrogen-bond acceptors (Lipinski definition) is 3. The molecule has 0 aliphatic heterocycles. The number of ether oxygens (including phenoxy) is 1. The number of nitrogens with one attached hydrogen (secondary N) is 1. The molecule has 1 aromatic carbocycles. The number of benzene rings is 1. The van der Waals surface area contributed by atoms with Crippen molar-refractivity contribution >= 4 is 5.97 Å². The number of esters is 1. The Morgan fingerprint density at radius 3 is 2.82 bits per heavy atom. The van der Waals surface area contributed by atoms with Crippen LogP contribution in [-0.2, 0) is 16.1 Å². The SMILES string of the molecule is CCOC(=O)C(C)NCc1cccc(F)c1F. The van der Waals surface area contributed by atoms with Crippen LogP contribution in [0.5, 0.6) is 0 Å². The summed E-state index contributed by atoms with van der Waals surface area (Å²) in [5.74, 6) is -2.20. The van der Waals surface area contributed by atoms with Crippen LogP contribution in [-0.4, -0.2) is 18.6 Å². The maximum atomic E-state index is 13.3. The lowest BCUT2D eigenvalue weighted by Crippen LogP contribution is -2.35. The predicted octanol–water partition coefficient (Wildman–Crippen LogP) is 2.01. The predicted molar refractivity (Wildman–Crippen MR) is 59.3 cm³/mol. The zero-order valence-electron chi connectivity index (χ0n) is 9.80. The molecule has 3 nitrogen and oxygen atoms in total. The van der Waals surface area contributed by atoms with Gasteiger partial charge >= 0.3 is 5.97 Å². The smallest absolute Gasteiger partial charge is 0.322 e. The molecule has 1 N–H and O–H groups in total. The summed E-state index contributed by atoms with van der Waals surface area (Å²) in [4.78, 5) is 11.3. The summed E-state index contributed by atoms with van der Waals surface area (Å²) in [5.41, 5.74) is 0.182. The van der Waals surface area contributed by atoms with Crippen LogP contribution < -0.4 is 5.32 Å². The average Bonchev–Trinajstić information content (AvgIpc) is 2.31. The zero-order chi connectivity index (χ0) is 12.8. The summed E-state index contributed by atoms with van der Waals surface area (Å²) in [5, 5.41) is 2.77. The third-order valence-corrected chi connectivity index (χ3v) is 2.27. The Balaban J connectivity index is 2.56. The van der Waals surface area contributed by atoms with Gasteiger partial charge in [0.15, 0.2) is 11.6 Å². The highest BCUT2D eigenvalue weighted by molar-refractivity contribution is 5.75. The first-order chi connectivity index (χ1) is 8.06. The lowest BCUT2D eigenvalue weighted by molar-refractivity contribution is -0.145. The lowest BCUT2D eigenvalue weighted by Gasteiger charge is -2.12.